The summed E-state index contributed by atoms with van der Waals surface area (Å²) in [5.74, 6) is 1.10. The van der Waals surface area contributed by atoms with Crippen LogP contribution >= 0.6 is 0 Å². The van der Waals surface area contributed by atoms with Crippen molar-refractivity contribution < 1.29 is 18.7 Å². The van der Waals surface area contributed by atoms with Crippen molar-refractivity contribution in [2.24, 2.45) is 5.92 Å². The number of para-hydroxylation sites is 1. The average molecular weight is 356 g/mol. The number of nitrogens with one attached hydrogen (secondary N) is 1. The van der Waals surface area contributed by atoms with Crippen LogP contribution in [0.3, 0.4) is 0 Å². The Morgan fingerprint density at radius 2 is 1.96 bits per heavy atom. The normalized spacial score (nSPS) is 14.9. The molecule has 26 heavy (non-hydrogen) atoms. The minimum Gasteiger partial charge on any atom is -0.496 e. The van der Waals surface area contributed by atoms with Gasteiger partial charge in [0.2, 0.25) is 5.91 Å². The third kappa shape index (κ3) is 4.25. The Morgan fingerprint density at radius 1 is 1.19 bits per heavy atom. The first kappa shape index (κ1) is 18.0. The van der Waals surface area contributed by atoms with Crippen LogP contribution < -0.4 is 10.1 Å². The number of carbonyl (C=O) groups excluding carboxylic acids is 2. The molecule has 2 aromatic rings. The number of carbonyl (C=O) groups is 2. The summed E-state index contributed by atoms with van der Waals surface area (Å²) in [6.07, 6.45) is 3.57. The predicted octanol–water partition coefficient (Wildman–Crippen LogP) is 2.50. The number of methoxy groups -OCH3 is 1. The van der Waals surface area contributed by atoms with E-state index in [4.69, 9.17) is 9.15 Å². The number of nitrogens with zero attached hydrogens (tertiary/aromatic N) is 1. The molecule has 2 heterocycles. The molecule has 1 saturated heterocycles. The second-order valence-electron chi connectivity index (χ2n) is 6.40. The van der Waals surface area contributed by atoms with Gasteiger partial charge in [-0.1, -0.05) is 18.2 Å². The molecule has 0 saturated carbocycles. The van der Waals surface area contributed by atoms with Gasteiger partial charge in [-0.3, -0.25) is 9.59 Å². The largest absolute Gasteiger partial charge is 0.496 e. The number of piperidine rings is 1. The standard InChI is InChI=1S/C20H24N2O4/c1-25-17-6-3-2-5-15(17)8-11-21-19(23)16-9-12-22(13-10-16)20(24)18-7-4-14-26-18/h2-7,14,16H,8-13H2,1H3,(H,21,23). The summed E-state index contributed by atoms with van der Waals surface area (Å²) in [6, 6.07) is 11.2. The molecule has 6 nitrogen and oxygen atoms in total. The van der Waals surface area contributed by atoms with Crippen molar-refractivity contribution in [3.63, 3.8) is 0 Å². The Balaban J connectivity index is 1.43. The van der Waals surface area contributed by atoms with E-state index < -0.39 is 0 Å². The molecule has 1 aromatic heterocycles. The third-order valence-electron chi connectivity index (χ3n) is 4.77. The minimum absolute atomic E-state index is 0.0479. The number of furan rings is 1. The molecule has 0 bridgehead atoms. The lowest BCUT2D eigenvalue weighted by Crippen LogP contribution is -2.43. The number of rotatable bonds is 6. The fourth-order valence-electron chi connectivity index (χ4n) is 3.28. The van der Waals surface area contributed by atoms with Crippen LogP contribution in [0.5, 0.6) is 5.75 Å². The summed E-state index contributed by atoms with van der Waals surface area (Å²) in [6.45, 7) is 1.72. The van der Waals surface area contributed by atoms with E-state index in [0.29, 0.717) is 38.2 Å². The third-order valence-corrected chi connectivity index (χ3v) is 4.77. The average Bonchev–Trinajstić information content (AvgIpc) is 3.22. The molecule has 0 spiro atoms. The number of hydrogen-bond acceptors (Lipinski definition) is 4. The van der Waals surface area contributed by atoms with Gasteiger partial charge in [0.1, 0.15) is 5.75 Å². The lowest BCUT2D eigenvalue weighted by atomic mass is 9.95. The highest BCUT2D eigenvalue weighted by Crippen LogP contribution is 2.20. The van der Waals surface area contributed by atoms with Crippen LogP contribution in [0.4, 0.5) is 0 Å². The second-order valence-corrected chi connectivity index (χ2v) is 6.40. The van der Waals surface area contributed by atoms with Crippen LogP contribution in [0, 0.1) is 5.92 Å². The maximum absolute atomic E-state index is 12.4. The van der Waals surface area contributed by atoms with E-state index in [1.54, 1.807) is 24.1 Å². The van der Waals surface area contributed by atoms with Crippen molar-refractivity contribution in [2.75, 3.05) is 26.7 Å². The predicted molar refractivity (Wildman–Crippen MR) is 97.0 cm³/mol. The van der Waals surface area contributed by atoms with Gasteiger partial charge in [0, 0.05) is 25.6 Å². The zero-order chi connectivity index (χ0) is 18.4. The smallest absolute Gasteiger partial charge is 0.289 e. The second kappa shape index (κ2) is 8.56. The highest BCUT2D eigenvalue weighted by atomic mass is 16.5. The van der Waals surface area contributed by atoms with E-state index in [1.165, 1.54) is 6.26 Å². The lowest BCUT2D eigenvalue weighted by molar-refractivity contribution is -0.126. The highest BCUT2D eigenvalue weighted by Gasteiger charge is 2.28. The molecule has 0 unspecified atom stereocenters. The zero-order valence-corrected chi connectivity index (χ0v) is 14.9. The maximum Gasteiger partial charge on any atom is 0.289 e. The van der Waals surface area contributed by atoms with Crippen LogP contribution in [0.25, 0.3) is 0 Å². The summed E-state index contributed by atoms with van der Waals surface area (Å²) >= 11 is 0. The molecule has 1 aliphatic rings. The molecule has 3 rings (SSSR count). The van der Waals surface area contributed by atoms with Crippen molar-refractivity contribution in [1.82, 2.24) is 10.2 Å². The van der Waals surface area contributed by atoms with Crippen molar-refractivity contribution >= 4 is 11.8 Å². The fraction of sp³-hybridized carbons (Fsp3) is 0.400. The van der Waals surface area contributed by atoms with Crippen molar-refractivity contribution in [1.29, 1.82) is 0 Å². The van der Waals surface area contributed by atoms with Gasteiger partial charge in [-0.25, -0.2) is 0 Å². The van der Waals surface area contributed by atoms with Gasteiger partial charge < -0.3 is 19.4 Å². The Labute approximate surface area is 153 Å². The Bertz CT molecular complexity index is 734. The van der Waals surface area contributed by atoms with Crippen LogP contribution in [0.2, 0.25) is 0 Å². The first-order valence-corrected chi connectivity index (χ1v) is 8.91. The summed E-state index contributed by atoms with van der Waals surface area (Å²) in [5.41, 5.74) is 1.08. The monoisotopic (exact) mass is 356 g/mol. The Kier molecular flexibility index (Phi) is 5.94. The van der Waals surface area contributed by atoms with E-state index in [1.807, 2.05) is 24.3 Å². The van der Waals surface area contributed by atoms with Crippen molar-refractivity contribution in [3.8, 4) is 5.75 Å². The number of likely N-dealkylation sites (tertiary alicyclic amines) is 1. The molecular formula is C20H24N2O4. The first-order chi connectivity index (χ1) is 12.7. The molecule has 1 fully saturated rings. The highest BCUT2D eigenvalue weighted by molar-refractivity contribution is 5.91. The van der Waals surface area contributed by atoms with E-state index >= 15 is 0 Å². The van der Waals surface area contributed by atoms with Gasteiger partial charge in [0.05, 0.1) is 13.4 Å². The van der Waals surface area contributed by atoms with Crippen molar-refractivity contribution in [3.05, 3.63) is 54.0 Å². The van der Waals surface area contributed by atoms with Crippen LogP contribution in [0.1, 0.15) is 29.0 Å². The molecular weight excluding hydrogens is 332 g/mol. The molecule has 0 radical (unpaired) electrons. The lowest BCUT2D eigenvalue weighted by Gasteiger charge is -2.30. The molecule has 1 N–H and O–H groups in total. The van der Waals surface area contributed by atoms with Gasteiger partial charge in [-0.2, -0.15) is 0 Å². The number of amides is 2. The fourth-order valence-corrected chi connectivity index (χ4v) is 3.28. The maximum atomic E-state index is 12.4. The summed E-state index contributed by atoms with van der Waals surface area (Å²) < 4.78 is 10.5. The quantitative estimate of drug-likeness (QED) is 0.863. The molecule has 0 atom stereocenters. The van der Waals surface area contributed by atoms with Gasteiger partial charge in [-0.05, 0) is 43.0 Å². The first-order valence-electron chi connectivity index (χ1n) is 8.91. The van der Waals surface area contributed by atoms with E-state index in [0.717, 1.165) is 17.7 Å². The summed E-state index contributed by atoms with van der Waals surface area (Å²) in [5, 5.41) is 3.01. The van der Waals surface area contributed by atoms with Crippen LogP contribution in [0.15, 0.2) is 47.1 Å². The van der Waals surface area contributed by atoms with Gasteiger partial charge in [-0.15, -0.1) is 0 Å². The van der Waals surface area contributed by atoms with Crippen LogP contribution in [-0.4, -0.2) is 43.5 Å². The van der Waals surface area contributed by atoms with E-state index in [-0.39, 0.29) is 17.7 Å². The number of hydrogen-bond donors (Lipinski definition) is 1. The molecule has 0 aliphatic carbocycles. The van der Waals surface area contributed by atoms with Gasteiger partial charge in [0.15, 0.2) is 5.76 Å². The topological polar surface area (TPSA) is 71.8 Å². The minimum atomic E-state index is -0.106. The molecule has 1 aromatic carbocycles. The molecule has 6 heteroatoms. The van der Waals surface area contributed by atoms with Crippen molar-refractivity contribution in [2.45, 2.75) is 19.3 Å². The Morgan fingerprint density at radius 3 is 2.65 bits per heavy atom. The number of ether oxygens (including phenoxy) is 1. The van der Waals surface area contributed by atoms with E-state index in [9.17, 15) is 9.59 Å². The summed E-state index contributed by atoms with van der Waals surface area (Å²) in [7, 11) is 1.65. The zero-order valence-electron chi connectivity index (χ0n) is 14.9. The van der Waals surface area contributed by atoms with E-state index in [2.05, 4.69) is 5.32 Å². The SMILES string of the molecule is COc1ccccc1CCNC(=O)C1CCN(C(=O)c2ccco2)CC1. The van der Waals surface area contributed by atoms with Crippen LogP contribution in [-0.2, 0) is 11.2 Å². The molecule has 2 amide bonds. The molecule has 1 aliphatic heterocycles. The summed E-state index contributed by atoms with van der Waals surface area (Å²) in [4.78, 5) is 26.4. The van der Waals surface area contributed by atoms with Gasteiger partial charge in [0.25, 0.3) is 5.91 Å². The molecule has 138 valence electrons. The van der Waals surface area contributed by atoms with Gasteiger partial charge >= 0.3 is 0 Å². The Hall–Kier alpha value is -2.76. The number of benzene rings is 1.